The molecule has 7 heteroatoms. The summed E-state index contributed by atoms with van der Waals surface area (Å²) in [5.41, 5.74) is -0.297. The molecule has 1 aromatic rings. The Bertz CT molecular complexity index is 540. The third-order valence-electron chi connectivity index (χ3n) is 1.72. The van der Waals surface area contributed by atoms with Crippen molar-refractivity contribution < 1.29 is 17.6 Å². The van der Waals surface area contributed by atoms with Crippen LogP contribution in [0.5, 0.6) is 0 Å². The van der Waals surface area contributed by atoms with Crippen molar-refractivity contribution in [3.8, 4) is 0 Å². The molecule has 16 heavy (non-hydrogen) atoms. The molecule has 0 atom stereocenters. The van der Waals surface area contributed by atoms with Crippen molar-refractivity contribution in [2.24, 2.45) is 0 Å². The molecule has 0 unspecified atom stereocenters. The number of carbonyl (C=O) groups is 1. The first-order chi connectivity index (χ1) is 7.22. The van der Waals surface area contributed by atoms with Gasteiger partial charge in [-0.15, -0.1) is 0 Å². The lowest BCUT2D eigenvalue weighted by molar-refractivity contribution is 0.102. The Morgan fingerprint density at radius 2 is 1.94 bits per heavy atom. The summed E-state index contributed by atoms with van der Waals surface area (Å²) in [6.07, 6.45) is 0.895. The minimum Gasteiger partial charge on any atom is -0.293 e. The summed E-state index contributed by atoms with van der Waals surface area (Å²) in [5.74, 6) is -2.39. The molecule has 0 bridgehead atoms. The standard InChI is InChI=1S/C9H7Cl2FO3S/c1-16(14,15)4-7(13)8-5(10)2-3-6(12)9(8)11/h2-3H,4H2,1H3. The van der Waals surface area contributed by atoms with E-state index in [0.717, 1.165) is 18.4 Å². The van der Waals surface area contributed by atoms with Crippen LogP contribution in [0.3, 0.4) is 0 Å². The van der Waals surface area contributed by atoms with Gasteiger partial charge in [-0.1, -0.05) is 23.2 Å². The average Bonchev–Trinajstić information content (AvgIpc) is 2.09. The number of hydrogen-bond donors (Lipinski definition) is 0. The third kappa shape index (κ3) is 3.17. The molecule has 0 aliphatic heterocycles. The van der Waals surface area contributed by atoms with Crippen molar-refractivity contribution in [1.82, 2.24) is 0 Å². The van der Waals surface area contributed by atoms with E-state index in [-0.39, 0.29) is 10.6 Å². The Hall–Kier alpha value is -0.650. The molecular formula is C9H7Cl2FO3S. The molecule has 3 nitrogen and oxygen atoms in total. The Labute approximate surface area is 102 Å². The molecule has 0 fully saturated rings. The summed E-state index contributed by atoms with van der Waals surface area (Å²) in [6.45, 7) is 0. The van der Waals surface area contributed by atoms with Gasteiger partial charge >= 0.3 is 0 Å². The van der Waals surface area contributed by atoms with E-state index in [0.29, 0.717) is 0 Å². The van der Waals surface area contributed by atoms with Crippen LogP contribution in [0.25, 0.3) is 0 Å². The number of benzene rings is 1. The predicted octanol–water partition coefficient (Wildman–Crippen LogP) is 2.36. The molecule has 1 aromatic carbocycles. The van der Waals surface area contributed by atoms with Gasteiger partial charge in [0.2, 0.25) is 0 Å². The Balaban J connectivity index is 3.24. The minimum atomic E-state index is -3.51. The van der Waals surface area contributed by atoms with Gasteiger partial charge in [0, 0.05) is 6.26 Å². The maximum atomic E-state index is 13.1. The second kappa shape index (κ2) is 4.69. The van der Waals surface area contributed by atoms with Crippen LogP contribution in [0.2, 0.25) is 10.0 Å². The van der Waals surface area contributed by atoms with Crippen molar-refractivity contribution in [3.63, 3.8) is 0 Å². The zero-order valence-corrected chi connectivity index (χ0v) is 10.5. The zero-order valence-electron chi connectivity index (χ0n) is 8.13. The highest BCUT2D eigenvalue weighted by Gasteiger charge is 2.21. The van der Waals surface area contributed by atoms with E-state index in [1.807, 2.05) is 0 Å². The van der Waals surface area contributed by atoms with Gasteiger partial charge in [-0.3, -0.25) is 4.79 Å². The lowest BCUT2D eigenvalue weighted by Gasteiger charge is -2.05. The van der Waals surface area contributed by atoms with Gasteiger partial charge in [-0.2, -0.15) is 0 Å². The summed E-state index contributed by atoms with van der Waals surface area (Å²) in [5, 5.41) is -0.527. The van der Waals surface area contributed by atoms with Crippen molar-refractivity contribution >= 4 is 38.8 Å². The van der Waals surface area contributed by atoms with Crippen LogP contribution in [-0.2, 0) is 9.84 Å². The molecule has 0 aliphatic carbocycles. The van der Waals surface area contributed by atoms with Gasteiger partial charge in [-0.25, -0.2) is 12.8 Å². The smallest absolute Gasteiger partial charge is 0.180 e. The molecule has 0 spiro atoms. The largest absolute Gasteiger partial charge is 0.293 e. The molecule has 0 amide bonds. The normalized spacial score (nSPS) is 11.5. The number of carbonyl (C=O) groups excluding carboxylic acids is 1. The second-order valence-corrected chi connectivity index (χ2v) is 6.14. The highest BCUT2D eigenvalue weighted by Crippen LogP contribution is 2.27. The molecule has 0 saturated carbocycles. The second-order valence-electron chi connectivity index (χ2n) is 3.21. The van der Waals surface area contributed by atoms with E-state index >= 15 is 0 Å². The van der Waals surface area contributed by atoms with Crippen molar-refractivity contribution in [2.45, 2.75) is 0 Å². The van der Waals surface area contributed by atoms with E-state index in [1.54, 1.807) is 0 Å². The Kier molecular flexibility index (Phi) is 3.93. The molecule has 0 aromatic heterocycles. The zero-order chi connectivity index (χ0) is 12.5. The van der Waals surface area contributed by atoms with Crippen LogP contribution in [0, 0.1) is 5.82 Å². The SMILES string of the molecule is CS(=O)(=O)CC(=O)c1c(Cl)ccc(F)c1Cl. The van der Waals surface area contributed by atoms with E-state index in [9.17, 15) is 17.6 Å². The van der Waals surface area contributed by atoms with Crippen LogP contribution in [-0.4, -0.2) is 26.2 Å². The molecular weight excluding hydrogens is 278 g/mol. The number of sulfone groups is 1. The highest BCUT2D eigenvalue weighted by atomic mass is 35.5. The minimum absolute atomic E-state index is 0.0694. The fraction of sp³-hybridized carbons (Fsp3) is 0.222. The van der Waals surface area contributed by atoms with Crippen LogP contribution in [0.4, 0.5) is 4.39 Å². The maximum absolute atomic E-state index is 13.1. The van der Waals surface area contributed by atoms with Gasteiger partial charge in [0.05, 0.1) is 15.6 Å². The summed E-state index contributed by atoms with van der Waals surface area (Å²) in [4.78, 5) is 11.5. The number of ketones is 1. The van der Waals surface area contributed by atoms with Crippen LogP contribution in [0.1, 0.15) is 10.4 Å². The first-order valence-electron chi connectivity index (χ1n) is 4.07. The molecule has 0 saturated heterocycles. The van der Waals surface area contributed by atoms with Crippen LogP contribution in [0.15, 0.2) is 12.1 Å². The third-order valence-corrected chi connectivity index (χ3v) is 3.19. The van der Waals surface area contributed by atoms with Crippen molar-refractivity contribution in [2.75, 3.05) is 12.0 Å². The van der Waals surface area contributed by atoms with Gasteiger partial charge in [0.25, 0.3) is 0 Å². The summed E-state index contributed by atoms with van der Waals surface area (Å²) < 4.78 is 34.9. The molecule has 0 heterocycles. The maximum Gasteiger partial charge on any atom is 0.180 e. The molecule has 0 N–H and O–H groups in total. The summed E-state index contributed by atoms with van der Waals surface area (Å²) >= 11 is 11.2. The fourth-order valence-corrected chi connectivity index (χ4v) is 2.30. The van der Waals surface area contributed by atoms with Crippen molar-refractivity contribution in [3.05, 3.63) is 33.6 Å². The number of Topliss-reactive ketones (excluding diaryl/α,β-unsaturated/α-hetero) is 1. The Morgan fingerprint density at radius 1 is 1.38 bits per heavy atom. The van der Waals surface area contributed by atoms with E-state index in [2.05, 4.69) is 0 Å². The fourth-order valence-electron chi connectivity index (χ4n) is 1.09. The topological polar surface area (TPSA) is 51.2 Å². The van der Waals surface area contributed by atoms with Gasteiger partial charge in [0.1, 0.15) is 11.6 Å². The monoisotopic (exact) mass is 284 g/mol. The van der Waals surface area contributed by atoms with E-state index in [1.165, 1.54) is 0 Å². The summed E-state index contributed by atoms with van der Waals surface area (Å²) in [6, 6.07) is 2.15. The van der Waals surface area contributed by atoms with Crippen LogP contribution < -0.4 is 0 Å². The first-order valence-corrected chi connectivity index (χ1v) is 6.88. The molecule has 88 valence electrons. The lowest BCUT2D eigenvalue weighted by Crippen LogP contribution is -2.15. The Morgan fingerprint density at radius 3 is 2.44 bits per heavy atom. The average molecular weight is 285 g/mol. The quantitative estimate of drug-likeness (QED) is 0.632. The van der Waals surface area contributed by atoms with Gasteiger partial charge in [0.15, 0.2) is 15.6 Å². The lowest BCUT2D eigenvalue weighted by atomic mass is 10.1. The first kappa shape index (κ1) is 13.4. The number of rotatable bonds is 3. The predicted molar refractivity (Wildman–Crippen MR) is 60.5 cm³/mol. The van der Waals surface area contributed by atoms with Crippen LogP contribution >= 0.6 is 23.2 Å². The summed E-state index contributed by atoms with van der Waals surface area (Å²) in [7, 11) is -3.51. The van der Waals surface area contributed by atoms with E-state index in [4.69, 9.17) is 23.2 Å². The molecule has 0 radical (unpaired) electrons. The number of hydrogen-bond acceptors (Lipinski definition) is 3. The van der Waals surface area contributed by atoms with Crippen molar-refractivity contribution in [1.29, 1.82) is 0 Å². The van der Waals surface area contributed by atoms with Gasteiger partial charge in [-0.05, 0) is 12.1 Å². The molecule has 1 rings (SSSR count). The van der Waals surface area contributed by atoms with Gasteiger partial charge < -0.3 is 0 Å². The highest BCUT2D eigenvalue weighted by molar-refractivity contribution is 7.91. The molecule has 0 aliphatic rings. The van der Waals surface area contributed by atoms with E-state index < -0.39 is 32.2 Å². The number of halogens is 3.